The molecule has 25 heavy (non-hydrogen) atoms. The van der Waals surface area contributed by atoms with Gasteiger partial charge in [0, 0.05) is 58.0 Å². The zero-order valence-electron chi connectivity index (χ0n) is 15.3. The van der Waals surface area contributed by atoms with Gasteiger partial charge in [0.25, 0.3) is 0 Å². The van der Waals surface area contributed by atoms with Gasteiger partial charge in [0.2, 0.25) is 11.8 Å². The molecule has 1 aliphatic rings. The third-order valence-electron chi connectivity index (χ3n) is 4.40. The van der Waals surface area contributed by atoms with Crippen molar-refractivity contribution in [3.8, 4) is 0 Å². The zero-order valence-corrected chi connectivity index (χ0v) is 15.3. The number of carbonyl (C=O) groups excluding carboxylic acids is 2. The van der Waals surface area contributed by atoms with Crippen molar-refractivity contribution in [3.05, 3.63) is 30.6 Å². The molecule has 7 heteroatoms. The largest absolute Gasteiger partial charge is 0.344 e. The van der Waals surface area contributed by atoms with Gasteiger partial charge in [0.1, 0.15) is 6.04 Å². The lowest BCUT2D eigenvalue weighted by atomic mass is 10.1. The number of hydrogen-bond donors (Lipinski definition) is 1. The van der Waals surface area contributed by atoms with Crippen LogP contribution in [0.4, 0.5) is 0 Å². The van der Waals surface area contributed by atoms with Gasteiger partial charge in [-0.25, -0.2) is 0 Å². The molecule has 2 heterocycles. The summed E-state index contributed by atoms with van der Waals surface area (Å²) in [6, 6.07) is -0.510. The maximum atomic E-state index is 12.7. The van der Waals surface area contributed by atoms with E-state index in [4.69, 9.17) is 0 Å². The second-order valence-electron chi connectivity index (χ2n) is 6.44. The summed E-state index contributed by atoms with van der Waals surface area (Å²) < 4.78 is 1.93. The molecule has 1 aromatic rings. The Kier molecular flexibility index (Phi) is 7.18. The number of rotatable bonds is 7. The number of aromatic nitrogens is 2. The second-order valence-corrected chi connectivity index (χ2v) is 6.44. The van der Waals surface area contributed by atoms with Crippen LogP contribution in [0.1, 0.15) is 32.3 Å². The molecule has 0 saturated carbocycles. The monoisotopic (exact) mass is 347 g/mol. The Labute approximate surface area is 149 Å². The summed E-state index contributed by atoms with van der Waals surface area (Å²) >= 11 is 0. The minimum atomic E-state index is -0.510. The summed E-state index contributed by atoms with van der Waals surface area (Å²) in [6.45, 7) is 12.1. The van der Waals surface area contributed by atoms with Crippen molar-refractivity contribution in [3.63, 3.8) is 0 Å². The third-order valence-corrected chi connectivity index (χ3v) is 4.40. The van der Waals surface area contributed by atoms with E-state index in [1.807, 2.05) is 15.8 Å². The SMILES string of the molecule is C=CCC(NC(C)=O)C(=O)N1CCCN(Cc2cnn(CC)c2)CC1. The predicted octanol–water partition coefficient (Wildman–Crippen LogP) is 1.02. The van der Waals surface area contributed by atoms with Crippen LogP contribution in [-0.2, 0) is 22.7 Å². The molecule has 1 aliphatic heterocycles. The molecule has 0 aromatic carbocycles. The van der Waals surface area contributed by atoms with Gasteiger partial charge >= 0.3 is 0 Å². The van der Waals surface area contributed by atoms with E-state index in [2.05, 4.69) is 35.0 Å². The van der Waals surface area contributed by atoms with Gasteiger partial charge in [-0.05, 0) is 19.8 Å². The molecule has 7 nitrogen and oxygen atoms in total. The van der Waals surface area contributed by atoms with Crippen LogP contribution >= 0.6 is 0 Å². The van der Waals surface area contributed by atoms with Crippen LogP contribution < -0.4 is 5.32 Å². The van der Waals surface area contributed by atoms with Gasteiger partial charge in [0.05, 0.1) is 6.20 Å². The normalized spacial score (nSPS) is 17.0. The highest BCUT2D eigenvalue weighted by Gasteiger charge is 2.26. The maximum absolute atomic E-state index is 12.7. The highest BCUT2D eigenvalue weighted by Crippen LogP contribution is 2.11. The summed E-state index contributed by atoms with van der Waals surface area (Å²) in [4.78, 5) is 28.3. The molecule has 1 unspecified atom stereocenters. The van der Waals surface area contributed by atoms with Crippen molar-refractivity contribution >= 4 is 11.8 Å². The third kappa shape index (κ3) is 5.70. The summed E-state index contributed by atoms with van der Waals surface area (Å²) in [5, 5.41) is 7.05. The average Bonchev–Trinajstić information content (AvgIpc) is 2.90. The van der Waals surface area contributed by atoms with Crippen LogP contribution in [0.15, 0.2) is 25.0 Å². The van der Waals surface area contributed by atoms with Gasteiger partial charge in [0.15, 0.2) is 0 Å². The van der Waals surface area contributed by atoms with Crippen molar-refractivity contribution in [2.24, 2.45) is 0 Å². The molecule has 2 rings (SSSR count). The maximum Gasteiger partial charge on any atom is 0.245 e. The molecule has 1 aromatic heterocycles. The van der Waals surface area contributed by atoms with Gasteiger partial charge < -0.3 is 10.2 Å². The Morgan fingerprint density at radius 2 is 2.16 bits per heavy atom. The van der Waals surface area contributed by atoms with Crippen molar-refractivity contribution in [2.75, 3.05) is 26.2 Å². The quantitative estimate of drug-likeness (QED) is 0.748. The van der Waals surface area contributed by atoms with E-state index in [-0.39, 0.29) is 11.8 Å². The average molecular weight is 347 g/mol. The van der Waals surface area contributed by atoms with Crippen LogP contribution in [0.25, 0.3) is 0 Å². The highest BCUT2D eigenvalue weighted by atomic mass is 16.2. The molecule has 0 aliphatic carbocycles. The summed E-state index contributed by atoms with van der Waals surface area (Å²) in [6.07, 6.45) is 7.04. The van der Waals surface area contributed by atoms with Crippen LogP contribution in [0.2, 0.25) is 0 Å². The van der Waals surface area contributed by atoms with Crippen LogP contribution in [0, 0.1) is 0 Å². The second kappa shape index (κ2) is 9.36. The van der Waals surface area contributed by atoms with Gasteiger partial charge in [-0.2, -0.15) is 5.10 Å². The van der Waals surface area contributed by atoms with Crippen molar-refractivity contribution in [1.29, 1.82) is 0 Å². The first kappa shape index (κ1) is 19.2. The van der Waals surface area contributed by atoms with Crippen LogP contribution in [0.5, 0.6) is 0 Å². The van der Waals surface area contributed by atoms with E-state index in [0.29, 0.717) is 13.0 Å². The fourth-order valence-corrected chi connectivity index (χ4v) is 3.12. The van der Waals surface area contributed by atoms with E-state index in [0.717, 1.165) is 39.1 Å². The number of carbonyl (C=O) groups is 2. The molecule has 0 radical (unpaired) electrons. The lowest BCUT2D eigenvalue weighted by Crippen LogP contribution is -2.48. The van der Waals surface area contributed by atoms with Crippen LogP contribution in [-0.4, -0.2) is 63.6 Å². The summed E-state index contributed by atoms with van der Waals surface area (Å²) in [7, 11) is 0. The van der Waals surface area contributed by atoms with Gasteiger partial charge in [-0.1, -0.05) is 6.08 Å². The lowest BCUT2D eigenvalue weighted by Gasteiger charge is -2.26. The molecule has 138 valence electrons. The van der Waals surface area contributed by atoms with Crippen molar-refractivity contribution in [2.45, 2.75) is 45.8 Å². The smallest absolute Gasteiger partial charge is 0.245 e. The lowest BCUT2D eigenvalue weighted by molar-refractivity contribution is -0.135. The first-order valence-corrected chi connectivity index (χ1v) is 8.94. The molecular formula is C18H29N5O2. The van der Waals surface area contributed by atoms with E-state index in [9.17, 15) is 9.59 Å². The predicted molar refractivity (Wildman–Crippen MR) is 96.8 cm³/mol. The van der Waals surface area contributed by atoms with E-state index >= 15 is 0 Å². The molecule has 1 fully saturated rings. The fourth-order valence-electron chi connectivity index (χ4n) is 3.12. The number of aryl methyl sites for hydroxylation is 1. The Morgan fingerprint density at radius 1 is 1.36 bits per heavy atom. The molecule has 1 saturated heterocycles. The Bertz CT molecular complexity index is 598. The van der Waals surface area contributed by atoms with E-state index in [1.165, 1.54) is 12.5 Å². The Hall–Kier alpha value is -2.15. The van der Waals surface area contributed by atoms with Crippen molar-refractivity contribution < 1.29 is 9.59 Å². The molecule has 0 bridgehead atoms. The van der Waals surface area contributed by atoms with Crippen molar-refractivity contribution in [1.82, 2.24) is 24.9 Å². The summed E-state index contributed by atoms with van der Waals surface area (Å²) in [5.41, 5.74) is 1.20. The van der Waals surface area contributed by atoms with Gasteiger partial charge in [-0.3, -0.25) is 19.2 Å². The minimum absolute atomic E-state index is 0.0178. The minimum Gasteiger partial charge on any atom is -0.344 e. The molecule has 1 atom stereocenters. The first-order valence-electron chi connectivity index (χ1n) is 8.94. The van der Waals surface area contributed by atoms with Gasteiger partial charge in [-0.15, -0.1) is 6.58 Å². The highest BCUT2D eigenvalue weighted by molar-refractivity contribution is 5.87. The molecule has 1 N–H and O–H groups in total. The Balaban J connectivity index is 1.91. The molecule has 0 spiro atoms. The topological polar surface area (TPSA) is 70.5 Å². The number of nitrogens with zero attached hydrogens (tertiary/aromatic N) is 4. The molecular weight excluding hydrogens is 318 g/mol. The standard InChI is InChI=1S/C18H29N5O2/c1-4-7-17(20-15(3)24)18(25)22-9-6-8-21(10-11-22)13-16-12-19-23(5-2)14-16/h4,12,14,17H,1,5-11,13H2,2-3H3,(H,20,24). The number of hydrogen-bond acceptors (Lipinski definition) is 4. The Morgan fingerprint density at radius 3 is 2.80 bits per heavy atom. The van der Waals surface area contributed by atoms with E-state index in [1.54, 1.807) is 6.08 Å². The zero-order chi connectivity index (χ0) is 18.2. The first-order chi connectivity index (χ1) is 12.0. The van der Waals surface area contributed by atoms with E-state index < -0.39 is 6.04 Å². The summed E-state index contributed by atoms with van der Waals surface area (Å²) in [5.74, 6) is -0.208. The number of amides is 2. The fraction of sp³-hybridized carbons (Fsp3) is 0.611. The number of nitrogens with one attached hydrogen (secondary N) is 1. The van der Waals surface area contributed by atoms with Crippen LogP contribution in [0.3, 0.4) is 0 Å². The molecule has 2 amide bonds.